The summed E-state index contributed by atoms with van der Waals surface area (Å²) in [5.74, 6) is 0.00604. The van der Waals surface area contributed by atoms with E-state index in [1.165, 1.54) is 135 Å². The SMILES string of the molecule is CCCCCCCCCCCCCC(=O)O[C@H](COC(=O)CCCCCCCCC)COC(=O)CCCCCCCCCCCCC(C)CC. The molecule has 0 amide bonds. The second kappa shape index (κ2) is 38.6. The van der Waals surface area contributed by atoms with E-state index < -0.39 is 6.10 Å². The van der Waals surface area contributed by atoms with Gasteiger partial charge in [0, 0.05) is 19.3 Å². The summed E-state index contributed by atoms with van der Waals surface area (Å²) < 4.78 is 16.6. The molecule has 0 fully saturated rings. The van der Waals surface area contributed by atoms with Crippen LogP contribution in [0.1, 0.15) is 240 Å². The van der Waals surface area contributed by atoms with Crippen LogP contribution in [0.25, 0.3) is 0 Å². The van der Waals surface area contributed by atoms with Crippen LogP contribution in [-0.2, 0) is 28.6 Å². The summed E-state index contributed by atoms with van der Waals surface area (Å²) in [6.07, 6.45) is 36.6. The lowest BCUT2D eigenvalue weighted by Crippen LogP contribution is -2.30. The van der Waals surface area contributed by atoms with Crippen LogP contribution in [0.15, 0.2) is 0 Å². The van der Waals surface area contributed by atoms with Gasteiger partial charge in [-0.15, -0.1) is 0 Å². The van der Waals surface area contributed by atoms with Crippen LogP contribution in [0.4, 0.5) is 0 Å². The largest absolute Gasteiger partial charge is 0.462 e. The van der Waals surface area contributed by atoms with Crippen molar-refractivity contribution in [3.8, 4) is 0 Å². The van der Waals surface area contributed by atoms with E-state index in [2.05, 4.69) is 27.7 Å². The van der Waals surface area contributed by atoms with Gasteiger partial charge in [0.15, 0.2) is 6.10 Å². The Morgan fingerprint density at radius 1 is 0.400 bits per heavy atom. The van der Waals surface area contributed by atoms with Crippen LogP contribution in [0.5, 0.6) is 0 Å². The van der Waals surface area contributed by atoms with Gasteiger partial charge in [-0.3, -0.25) is 14.4 Å². The normalized spacial score (nSPS) is 12.5. The molecule has 0 spiro atoms. The van der Waals surface area contributed by atoms with Gasteiger partial charge >= 0.3 is 17.9 Å². The first-order valence-electron chi connectivity index (χ1n) is 21.9. The third kappa shape index (κ3) is 36.2. The monoisotopic (exact) mass is 709 g/mol. The molecule has 0 aliphatic rings. The fourth-order valence-electron chi connectivity index (χ4n) is 6.42. The average molecular weight is 709 g/mol. The van der Waals surface area contributed by atoms with Gasteiger partial charge in [0.25, 0.3) is 0 Å². The minimum absolute atomic E-state index is 0.0646. The zero-order valence-corrected chi connectivity index (χ0v) is 33.9. The molecular weight excluding hydrogens is 624 g/mol. The molecular formula is C44H84O6. The summed E-state index contributed by atoms with van der Waals surface area (Å²) in [6.45, 7) is 8.96. The number of carbonyl (C=O) groups is 3. The second-order valence-corrected chi connectivity index (χ2v) is 15.2. The highest BCUT2D eigenvalue weighted by Crippen LogP contribution is 2.16. The van der Waals surface area contributed by atoms with Gasteiger partial charge < -0.3 is 14.2 Å². The lowest BCUT2D eigenvalue weighted by atomic mass is 9.99. The van der Waals surface area contributed by atoms with Crippen LogP contribution in [-0.4, -0.2) is 37.2 Å². The van der Waals surface area contributed by atoms with Crippen molar-refractivity contribution in [1.82, 2.24) is 0 Å². The Morgan fingerprint density at radius 3 is 1.04 bits per heavy atom. The predicted molar refractivity (Wildman–Crippen MR) is 210 cm³/mol. The molecule has 1 unspecified atom stereocenters. The molecule has 6 nitrogen and oxygen atoms in total. The highest BCUT2D eigenvalue weighted by atomic mass is 16.6. The van der Waals surface area contributed by atoms with Gasteiger partial charge in [-0.05, 0) is 25.2 Å². The van der Waals surface area contributed by atoms with Gasteiger partial charge in [0.1, 0.15) is 13.2 Å². The third-order valence-corrected chi connectivity index (χ3v) is 10.2. The zero-order valence-electron chi connectivity index (χ0n) is 33.9. The minimum Gasteiger partial charge on any atom is -0.462 e. The summed E-state index contributed by atoms with van der Waals surface area (Å²) in [5, 5.41) is 0. The van der Waals surface area contributed by atoms with E-state index >= 15 is 0 Å². The van der Waals surface area contributed by atoms with E-state index in [0.29, 0.717) is 19.3 Å². The molecule has 2 atom stereocenters. The highest BCUT2D eigenvalue weighted by Gasteiger charge is 2.19. The van der Waals surface area contributed by atoms with Crippen LogP contribution in [0.3, 0.4) is 0 Å². The molecule has 0 aliphatic heterocycles. The van der Waals surface area contributed by atoms with Crippen molar-refractivity contribution < 1.29 is 28.6 Å². The maximum atomic E-state index is 12.6. The number of unbranched alkanes of at least 4 members (excludes halogenated alkanes) is 25. The Hall–Kier alpha value is -1.59. The summed E-state index contributed by atoms with van der Waals surface area (Å²) in [6, 6.07) is 0. The van der Waals surface area contributed by atoms with Crippen LogP contribution in [0.2, 0.25) is 0 Å². The van der Waals surface area contributed by atoms with Crippen molar-refractivity contribution in [3.05, 3.63) is 0 Å². The van der Waals surface area contributed by atoms with Crippen molar-refractivity contribution >= 4 is 17.9 Å². The van der Waals surface area contributed by atoms with E-state index in [4.69, 9.17) is 14.2 Å². The van der Waals surface area contributed by atoms with Crippen molar-refractivity contribution in [1.29, 1.82) is 0 Å². The maximum Gasteiger partial charge on any atom is 0.306 e. The number of rotatable bonds is 39. The van der Waals surface area contributed by atoms with Gasteiger partial charge in [-0.2, -0.15) is 0 Å². The Balaban J connectivity index is 4.28. The van der Waals surface area contributed by atoms with Crippen LogP contribution >= 0.6 is 0 Å². The molecule has 50 heavy (non-hydrogen) atoms. The molecule has 0 aliphatic carbocycles. The molecule has 0 N–H and O–H groups in total. The molecule has 0 aromatic heterocycles. The summed E-state index contributed by atoms with van der Waals surface area (Å²) in [7, 11) is 0. The fourth-order valence-corrected chi connectivity index (χ4v) is 6.42. The first-order chi connectivity index (χ1) is 24.4. The Kier molecular flexibility index (Phi) is 37.4. The maximum absolute atomic E-state index is 12.6. The van der Waals surface area contributed by atoms with E-state index in [-0.39, 0.29) is 31.1 Å². The van der Waals surface area contributed by atoms with Crippen molar-refractivity contribution in [2.45, 2.75) is 246 Å². The first-order valence-corrected chi connectivity index (χ1v) is 21.9. The number of carbonyl (C=O) groups excluding carboxylic acids is 3. The standard InChI is InChI=1S/C44H84O6/c1-5-8-10-12-14-15-16-21-25-29-33-37-44(47)50-41(38-48-42(45)35-31-27-22-13-11-9-6-2)39-49-43(46)36-32-28-24-20-18-17-19-23-26-30-34-40(4)7-3/h40-41H,5-39H2,1-4H3/t40?,41-/m1/s1. The third-order valence-electron chi connectivity index (χ3n) is 10.2. The van der Waals surface area contributed by atoms with E-state index in [1.54, 1.807) is 0 Å². The number of ether oxygens (including phenoxy) is 3. The summed E-state index contributed by atoms with van der Waals surface area (Å²) >= 11 is 0. The average Bonchev–Trinajstić information content (AvgIpc) is 3.11. The molecule has 0 radical (unpaired) electrons. The number of esters is 3. The Bertz CT molecular complexity index is 753. The fraction of sp³-hybridized carbons (Fsp3) is 0.932. The smallest absolute Gasteiger partial charge is 0.306 e. The quantitative estimate of drug-likeness (QED) is 0.0359. The van der Waals surface area contributed by atoms with E-state index in [9.17, 15) is 14.4 Å². The minimum atomic E-state index is -0.757. The Morgan fingerprint density at radius 2 is 0.700 bits per heavy atom. The van der Waals surface area contributed by atoms with Gasteiger partial charge in [-0.25, -0.2) is 0 Å². The molecule has 0 saturated carbocycles. The number of hydrogen-bond acceptors (Lipinski definition) is 6. The highest BCUT2D eigenvalue weighted by molar-refractivity contribution is 5.71. The molecule has 0 heterocycles. The molecule has 0 rings (SSSR count). The molecule has 6 heteroatoms. The van der Waals surface area contributed by atoms with Gasteiger partial charge in [0.2, 0.25) is 0 Å². The first kappa shape index (κ1) is 48.4. The van der Waals surface area contributed by atoms with Crippen LogP contribution in [0, 0.1) is 5.92 Å². The van der Waals surface area contributed by atoms with Crippen molar-refractivity contribution in [2.75, 3.05) is 13.2 Å². The topological polar surface area (TPSA) is 78.9 Å². The number of hydrogen-bond donors (Lipinski definition) is 0. The molecule has 0 saturated heterocycles. The van der Waals surface area contributed by atoms with Crippen molar-refractivity contribution in [3.63, 3.8) is 0 Å². The lowest BCUT2D eigenvalue weighted by molar-refractivity contribution is -0.167. The predicted octanol–water partition coefficient (Wildman–Crippen LogP) is 13.6. The molecule has 0 bridgehead atoms. The van der Waals surface area contributed by atoms with Gasteiger partial charge in [-0.1, -0.05) is 201 Å². The van der Waals surface area contributed by atoms with Crippen LogP contribution < -0.4 is 0 Å². The van der Waals surface area contributed by atoms with E-state index in [1.807, 2.05) is 0 Å². The van der Waals surface area contributed by atoms with Crippen molar-refractivity contribution in [2.24, 2.45) is 5.92 Å². The van der Waals surface area contributed by atoms with E-state index in [0.717, 1.165) is 63.7 Å². The zero-order chi connectivity index (χ0) is 36.8. The summed E-state index contributed by atoms with van der Waals surface area (Å²) in [4.78, 5) is 37.5. The molecule has 0 aromatic rings. The Labute approximate surface area is 310 Å². The second-order valence-electron chi connectivity index (χ2n) is 15.2. The molecule has 296 valence electrons. The summed E-state index contributed by atoms with van der Waals surface area (Å²) in [5.41, 5.74) is 0. The molecule has 0 aromatic carbocycles. The lowest BCUT2D eigenvalue weighted by Gasteiger charge is -2.18. The van der Waals surface area contributed by atoms with Gasteiger partial charge in [0.05, 0.1) is 0 Å².